The Morgan fingerprint density at radius 2 is 2.06 bits per heavy atom. The first-order valence-corrected chi connectivity index (χ1v) is 6.73. The fourth-order valence-electron chi connectivity index (χ4n) is 2.76. The van der Waals surface area contributed by atoms with E-state index < -0.39 is 0 Å². The monoisotopic (exact) mass is 231 g/mol. The third kappa shape index (κ3) is 2.19. The minimum atomic E-state index is 0.454. The van der Waals surface area contributed by atoms with Gasteiger partial charge in [0.15, 0.2) is 0 Å². The zero-order chi connectivity index (χ0) is 11.8. The highest BCUT2D eigenvalue weighted by molar-refractivity contribution is 5.38. The summed E-state index contributed by atoms with van der Waals surface area (Å²) in [4.78, 5) is 0. The zero-order valence-electron chi connectivity index (χ0n) is 10.6. The molecule has 1 aromatic rings. The van der Waals surface area contributed by atoms with Crippen LogP contribution < -0.4 is 10.1 Å². The SMILES string of the molecule is CC1COc2ccccc2C1NC(C)C1CC1. The van der Waals surface area contributed by atoms with E-state index in [4.69, 9.17) is 4.74 Å². The number of rotatable bonds is 3. The molecule has 1 saturated carbocycles. The highest BCUT2D eigenvalue weighted by Gasteiger charge is 2.33. The lowest BCUT2D eigenvalue weighted by Crippen LogP contribution is -2.39. The molecule has 1 fully saturated rings. The normalized spacial score (nSPS) is 29.3. The molecule has 0 aromatic heterocycles. The number of nitrogens with one attached hydrogen (secondary N) is 1. The van der Waals surface area contributed by atoms with E-state index in [1.54, 1.807) is 0 Å². The summed E-state index contributed by atoms with van der Waals surface area (Å²) >= 11 is 0. The van der Waals surface area contributed by atoms with Gasteiger partial charge in [-0.05, 0) is 31.7 Å². The van der Waals surface area contributed by atoms with Gasteiger partial charge in [-0.15, -0.1) is 0 Å². The van der Waals surface area contributed by atoms with E-state index in [1.807, 2.05) is 0 Å². The summed E-state index contributed by atoms with van der Waals surface area (Å²) in [6.07, 6.45) is 2.79. The van der Waals surface area contributed by atoms with E-state index >= 15 is 0 Å². The van der Waals surface area contributed by atoms with Gasteiger partial charge in [-0.2, -0.15) is 0 Å². The van der Waals surface area contributed by atoms with Crippen LogP contribution in [-0.2, 0) is 0 Å². The average Bonchev–Trinajstić information content (AvgIpc) is 3.17. The van der Waals surface area contributed by atoms with E-state index in [0.29, 0.717) is 18.0 Å². The molecule has 1 aliphatic carbocycles. The lowest BCUT2D eigenvalue weighted by atomic mass is 9.91. The molecule has 1 aromatic carbocycles. The van der Waals surface area contributed by atoms with Crippen molar-refractivity contribution >= 4 is 0 Å². The van der Waals surface area contributed by atoms with Gasteiger partial charge in [-0.25, -0.2) is 0 Å². The van der Waals surface area contributed by atoms with E-state index in [1.165, 1.54) is 18.4 Å². The van der Waals surface area contributed by atoms with Crippen molar-refractivity contribution in [3.05, 3.63) is 29.8 Å². The molecule has 3 atom stereocenters. The smallest absolute Gasteiger partial charge is 0.124 e. The van der Waals surface area contributed by atoms with Gasteiger partial charge < -0.3 is 10.1 Å². The van der Waals surface area contributed by atoms with Gasteiger partial charge in [0.25, 0.3) is 0 Å². The molecule has 2 heteroatoms. The number of ether oxygens (including phenoxy) is 1. The molecule has 92 valence electrons. The summed E-state index contributed by atoms with van der Waals surface area (Å²) in [6.45, 7) is 5.42. The van der Waals surface area contributed by atoms with Crippen molar-refractivity contribution in [2.24, 2.45) is 11.8 Å². The number of hydrogen-bond acceptors (Lipinski definition) is 2. The Balaban J connectivity index is 1.81. The maximum absolute atomic E-state index is 5.78. The fraction of sp³-hybridized carbons (Fsp3) is 0.600. The fourth-order valence-corrected chi connectivity index (χ4v) is 2.76. The van der Waals surface area contributed by atoms with E-state index in [2.05, 4.69) is 43.4 Å². The van der Waals surface area contributed by atoms with Crippen LogP contribution in [0, 0.1) is 11.8 Å². The second-order valence-corrected chi connectivity index (χ2v) is 5.60. The first kappa shape index (κ1) is 11.1. The van der Waals surface area contributed by atoms with Crippen LogP contribution in [0.3, 0.4) is 0 Å². The van der Waals surface area contributed by atoms with Gasteiger partial charge in [0.1, 0.15) is 5.75 Å². The second-order valence-electron chi connectivity index (χ2n) is 5.60. The molecular formula is C15H21NO. The second kappa shape index (κ2) is 4.34. The lowest BCUT2D eigenvalue weighted by Gasteiger charge is -2.34. The van der Waals surface area contributed by atoms with Crippen molar-refractivity contribution in [1.29, 1.82) is 0 Å². The standard InChI is InChI=1S/C15H21NO/c1-10-9-17-14-6-4-3-5-13(14)15(10)16-11(2)12-7-8-12/h3-6,10-12,15-16H,7-9H2,1-2H3. The molecule has 0 bridgehead atoms. The molecule has 1 aliphatic heterocycles. The summed E-state index contributed by atoms with van der Waals surface area (Å²) in [5, 5.41) is 3.81. The minimum Gasteiger partial charge on any atom is -0.493 e. The van der Waals surface area contributed by atoms with Crippen LogP contribution in [-0.4, -0.2) is 12.6 Å². The van der Waals surface area contributed by atoms with Crippen LogP contribution in [0.5, 0.6) is 5.75 Å². The Morgan fingerprint density at radius 1 is 1.29 bits per heavy atom. The molecule has 1 heterocycles. The first-order valence-electron chi connectivity index (χ1n) is 6.73. The Hall–Kier alpha value is -1.02. The van der Waals surface area contributed by atoms with Crippen LogP contribution in [0.4, 0.5) is 0 Å². The van der Waals surface area contributed by atoms with Crippen molar-refractivity contribution in [3.63, 3.8) is 0 Å². The number of benzene rings is 1. The maximum Gasteiger partial charge on any atom is 0.124 e. The Labute approximate surface area is 103 Å². The molecule has 0 spiro atoms. The Kier molecular flexibility index (Phi) is 2.83. The molecule has 3 unspecified atom stereocenters. The summed E-state index contributed by atoms with van der Waals surface area (Å²) in [6, 6.07) is 9.52. The summed E-state index contributed by atoms with van der Waals surface area (Å²) in [7, 11) is 0. The lowest BCUT2D eigenvalue weighted by molar-refractivity contribution is 0.179. The third-order valence-electron chi connectivity index (χ3n) is 4.10. The number of hydrogen-bond donors (Lipinski definition) is 1. The minimum absolute atomic E-state index is 0.454. The molecule has 17 heavy (non-hydrogen) atoms. The van der Waals surface area contributed by atoms with E-state index in [9.17, 15) is 0 Å². The first-order chi connectivity index (χ1) is 8.25. The van der Waals surface area contributed by atoms with Crippen molar-refractivity contribution in [2.45, 2.75) is 38.8 Å². The maximum atomic E-state index is 5.78. The van der Waals surface area contributed by atoms with Gasteiger partial charge >= 0.3 is 0 Å². The van der Waals surface area contributed by atoms with Gasteiger partial charge in [-0.3, -0.25) is 0 Å². The van der Waals surface area contributed by atoms with Crippen LogP contribution >= 0.6 is 0 Å². The van der Waals surface area contributed by atoms with E-state index in [0.717, 1.165) is 18.3 Å². The molecule has 0 amide bonds. The highest BCUT2D eigenvalue weighted by atomic mass is 16.5. The quantitative estimate of drug-likeness (QED) is 0.863. The number of para-hydroxylation sites is 1. The molecule has 2 aliphatic rings. The zero-order valence-corrected chi connectivity index (χ0v) is 10.6. The molecule has 3 rings (SSSR count). The van der Waals surface area contributed by atoms with Crippen molar-refractivity contribution in [3.8, 4) is 5.75 Å². The van der Waals surface area contributed by atoms with Gasteiger partial charge in [0.05, 0.1) is 6.61 Å². The third-order valence-corrected chi connectivity index (χ3v) is 4.10. The average molecular weight is 231 g/mol. The van der Waals surface area contributed by atoms with Gasteiger partial charge in [0, 0.05) is 23.6 Å². The molecule has 0 radical (unpaired) electrons. The van der Waals surface area contributed by atoms with Crippen LogP contribution in [0.25, 0.3) is 0 Å². The molecule has 1 N–H and O–H groups in total. The predicted molar refractivity (Wildman–Crippen MR) is 69.2 cm³/mol. The largest absolute Gasteiger partial charge is 0.493 e. The Bertz CT molecular complexity index is 400. The van der Waals surface area contributed by atoms with Gasteiger partial charge in [0.2, 0.25) is 0 Å². The van der Waals surface area contributed by atoms with Gasteiger partial charge in [-0.1, -0.05) is 25.1 Å². The molecular weight excluding hydrogens is 210 g/mol. The molecule has 0 saturated heterocycles. The highest BCUT2D eigenvalue weighted by Crippen LogP contribution is 2.38. The number of fused-ring (bicyclic) bond motifs is 1. The topological polar surface area (TPSA) is 21.3 Å². The van der Waals surface area contributed by atoms with Crippen molar-refractivity contribution in [2.75, 3.05) is 6.61 Å². The Morgan fingerprint density at radius 3 is 2.82 bits per heavy atom. The van der Waals surface area contributed by atoms with Crippen LogP contribution in [0.2, 0.25) is 0 Å². The van der Waals surface area contributed by atoms with Crippen LogP contribution in [0.15, 0.2) is 24.3 Å². The van der Waals surface area contributed by atoms with Crippen LogP contribution in [0.1, 0.15) is 38.3 Å². The summed E-state index contributed by atoms with van der Waals surface area (Å²) in [5.41, 5.74) is 1.33. The summed E-state index contributed by atoms with van der Waals surface area (Å²) < 4.78 is 5.78. The van der Waals surface area contributed by atoms with Crippen molar-refractivity contribution < 1.29 is 4.74 Å². The van der Waals surface area contributed by atoms with Crippen molar-refractivity contribution in [1.82, 2.24) is 5.32 Å². The summed E-state index contributed by atoms with van der Waals surface area (Å²) in [5.74, 6) is 2.51. The molecule has 2 nitrogen and oxygen atoms in total. The predicted octanol–water partition coefficient (Wildman–Crippen LogP) is 3.14. The van der Waals surface area contributed by atoms with E-state index in [-0.39, 0.29) is 0 Å².